The summed E-state index contributed by atoms with van der Waals surface area (Å²) < 4.78 is 0. The van der Waals surface area contributed by atoms with Gasteiger partial charge in [0, 0.05) is 53.7 Å². The van der Waals surface area contributed by atoms with Crippen LogP contribution in [0.1, 0.15) is 11.1 Å². The van der Waals surface area contributed by atoms with Crippen molar-refractivity contribution in [1.29, 1.82) is 0 Å². The van der Waals surface area contributed by atoms with Gasteiger partial charge < -0.3 is 9.80 Å². The van der Waals surface area contributed by atoms with Gasteiger partial charge in [0.05, 0.1) is 0 Å². The van der Waals surface area contributed by atoms with Gasteiger partial charge >= 0.3 is 0 Å². The summed E-state index contributed by atoms with van der Waals surface area (Å²) in [6, 6.07) is 116. The number of hydrogen-bond donors (Lipinski definition) is 0. The summed E-state index contributed by atoms with van der Waals surface area (Å²) >= 11 is 0. The molecule has 0 saturated carbocycles. The molecule has 0 aliphatic carbocycles. The maximum absolute atomic E-state index is 2.50. The van der Waals surface area contributed by atoms with Crippen LogP contribution in [0.15, 0.2) is 335 Å². The summed E-state index contributed by atoms with van der Waals surface area (Å²) in [5.74, 6) is 0. The van der Waals surface area contributed by atoms with Crippen LogP contribution in [0.5, 0.6) is 0 Å². The lowest BCUT2D eigenvalue weighted by Gasteiger charge is -2.44. The smallest absolute Gasteiger partial charge is 0.0472 e. The second kappa shape index (κ2) is 20.9. The average molecular weight is 1000 g/mol. The molecule has 12 aromatic rings. The molecule has 0 radical (unpaired) electrons. The van der Waals surface area contributed by atoms with Crippen LogP contribution in [0, 0.1) is 0 Å². The molecule has 1 aliphatic rings. The first-order valence-electron chi connectivity index (χ1n) is 26.3. The van der Waals surface area contributed by atoms with E-state index in [0.717, 1.165) is 34.1 Å². The first-order valence-corrected chi connectivity index (χ1v) is 27.9. The maximum atomic E-state index is 2.50. The molecule has 0 N–H and O–H groups in total. The molecule has 0 fully saturated rings. The van der Waals surface area contributed by atoms with Crippen molar-refractivity contribution in [2.24, 2.45) is 0 Å². The number of hydrogen-bond acceptors (Lipinski definition) is 2. The predicted octanol–water partition coefficient (Wildman–Crippen LogP) is 21.1. The predicted molar refractivity (Wildman–Crippen MR) is 326 cm³/mol. The SMILES string of the molecule is C1=Cc2ccc(N(c3ccc(-c4ccccc4)cc3)c3ccc(-c4ccccc4)cc3)cc2S(c2ccccc2)(c2ccccc2)c2cc(N(c3ccc(-c4ccccc4)cc3)c3ccc(-c4ccccc4)cc3)ccc21. The van der Waals surface area contributed by atoms with Crippen molar-refractivity contribution < 1.29 is 0 Å². The van der Waals surface area contributed by atoms with E-state index in [-0.39, 0.29) is 0 Å². The van der Waals surface area contributed by atoms with Gasteiger partial charge in [-0.15, -0.1) is 10.0 Å². The number of nitrogens with zero attached hydrogens (tertiary/aromatic N) is 2. The zero-order valence-corrected chi connectivity index (χ0v) is 43.3. The highest BCUT2D eigenvalue weighted by atomic mass is 32.3. The Balaban J connectivity index is 1.02. The fourth-order valence-corrected chi connectivity index (χ4v) is 15.2. The molecule has 366 valence electrons. The van der Waals surface area contributed by atoms with Gasteiger partial charge in [-0.05, 0) is 153 Å². The van der Waals surface area contributed by atoms with Gasteiger partial charge in [-0.2, -0.15) is 0 Å². The summed E-state index contributed by atoms with van der Waals surface area (Å²) in [4.78, 5) is 9.94. The molecule has 0 spiro atoms. The molecule has 13 rings (SSSR count). The van der Waals surface area contributed by atoms with Crippen LogP contribution in [-0.4, -0.2) is 0 Å². The lowest BCUT2D eigenvalue weighted by atomic mass is 10.0. The lowest BCUT2D eigenvalue weighted by molar-refractivity contribution is 1.20. The minimum absolute atomic E-state index is 1.08. The van der Waals surface area contributed by atoms with E-state index in [2.05, 4.69) is 337 Å². The van der Waals surface area contributed by atoms with Gasteiger partial charge in [-0.3, -0.25) is 0 Å². The van der Waals surface area contributed by atoms with Crippen molar-refractivity contribution in [3.63, 3.8) is 0 Å². The van der Waals surface area contributed by atoms with E-state index in [9.17, 15) is 0 Å². The third kappa shape index (κ3) is 9.14. The minimum atomic E-state index is -2.24. The Bertz CT molecular complexity index is 3530. The quantitative estimate of drug-likeness (QED) is 0.120. The van der Waals surface area contributed by atoms with Gasteiger partial charge in [0.25, 0.3) is 0 Å². The van der Waals surface area contributed by atoms with E-state index in [1.54, 1.807) is 0 Å². The van der Waals surface area contributed by atoms with E-state index in [0.29, 0.717) is 0 Å². The standard InChI is InChI=1S/C74H54N2S/c1-7-19-55(20-8-1)59-33-43-65(44-34-59)75(66-45-35-60(36-46-66)56-21-9-2-10-22-56)69-51-41-63-31-32-64-42-52-70(54-74(64)77(73(63)53-69,71-27-15-5-16-28-71)72-29-17-6-18-30-72)76(67-47-37-61(38-48-67)57-23-11-3-12-24-57)68-49-39-62(40-50-68)58-25-13-4-14-26-58/h1-54H. The first kappa shape index (κ1) is 47.1. The largest absolute Gasteiger partial charge is 0.310 e. The van der Waals surface area contributed by atoms with Crippen LogP contribution in [0.2, 0.25) is 0 Å². The van der Waals surface area contributed by atoms with Crippen molar-refractivity contribution in [2.75, 3.05) is 9.80 Å². The van der Waals surface area contributed by atoms with Crippen LogP contribution in [0.3, 0.4) is 0 Å². The summed E-state index contributed by atoms with van der Waals surface area (Å²) in [5.41, 5.74) is 18.4. The fourth-order valence-electron chi connectivity index (χ4n) is 10.9. The third-order valence-corrected chi connectivity index (χ3v) is 18.7. The summed E-state index contributed by atoms with van der Waals surface area (Å²) in [7, 11) is -2.24. The number of rotatable bonds is 12. The van der Waals surface area contributed by atoms with Crippen LogP contribution in [0.25, 0.3) is 56.7 Å². The molecule has 1 aliphatic heterocycles. The van der Waals surface area contributed by atoms with Crippen LogP contribution in [-0.2, 0) is 0 Å². The van der Waals surface area contributed by atoms with Gasteiger partial charge in [0.2, 0.25) is 0 Å². The number of anilines is 6. The van der Waals surface area contributed by atoms with Crippen molar-refractivity contribution in [3.05, 3.63) is 327 Å². The first-order chi connectivity index (χ1) is 38.2. The monoisotopic (exact) mass is 1000 g/mol. The maximum Gasteiger partial charge on any atom is 0.0472 e. The molecule has 0 atom stereocenters. The van der Waals surface area contributed by atoms with Crippen molar-refractivity contribution >= 4 is 56.3 Å². The third-order valence-electron chi connectivity index (χ3n) is 14.7. The van der Waals surface area contributed by atoms with Crippen molar-refractivity contribution in [3.8, 4) is 44.5 Å². The van der Waals surface area contributed by atoms with Crippen molar-refractivity contribution in [2.45, 2.75) is 19.6 Å². The minimum Gasteiger partial charge on any atom is -0.310 e. The summed E-state index contributed by atoms with van der Waals surface area (Å²) in [6.45, 7) is 0. The zero-order chi connectivity index (χ0) is 51.4. The van der Waals surface area contributed by atoms with E-state index >= 15 is 0 Å². The molecular formula is C74H54N2S. The Morgan fingerprint density at radius 3 is 0.675 bits per heavy atom. The molecule has 0 aromatic heterocycles. The van der Waals surface area contributed by atoms with Gasteiger partial charge in [0.1, 0.15) is 0 Å². The second-order valence-corrected chi connectivity index (χ2v) is 22.4. The Hall–Kier alpha value is -9.67. The van der Waals surface area contributed by atoms with E-state index in [1.165, 1.54) is 75.2 Å². The molecule has 0 saturated heterocycles. The molecule has 0 bridgehead atoms. The highest BCUT2D eigenvalue weighted by molar-refractivity contribution is 8.34. The van der Waals surface area contributed by atoms with Crippen LogP contribution >= 0.6 is 10.0 Å². The topological polar surface area (TPSA) is 6.48 Å². The van der Waals surface area contributed by atoms with Crippen LogP contribution in [0.4, 0.5) is 34.1 Å². The Labute approximate surface area is 454 Å². The van der Waals surface area contributed by atoms with Gasteiger partial charge in [-0.25, -0.2) is 0 Å². The average Bonchev–Trinajstić information content (AvgIpc) is 3.83. The van der Waals surface area contributed by atoms with Crippen LogP contribution < -0.4 is 9.80 Å². The normalized spacial score (nSPS) is 12.6. The van der Waals surface area contributed by atoms with E-state index < -0.39 is 10.0 Å². The van der Waals surface area contributed by atoms with Crippen molar-refractivity contribution in [1.82, 2.24) is 0 Å². The Kier molecular flexibility index (Phi) is 12.8. The zero-order valence-electron chi connectivity index (χ0n) is 42.5. The molecule has 0 amide bonds. The fraction of sp³-hybridized carbons (Fsp3) is 0. The molecule has 1 heterocycles. The van der Waals surface area contributed by atoms with Gasteiger partial charge in [-0.1, -0.05) is 231 Å². The van der Waals surface area contributed by atoms with Gasteiger partial charge in [0.15, 0.2) is 0 Å². The summed E-state index contributed by atoms with van der Waals surface area (Å²) in [6.07, 6.45) is 4.68. The molecule has 77 heavy (non-hydrogen) atoms. The summed E-state index contributed by atoms with van der Waals surface area (Å²) in [5, 5.41) is 0. The highest BCUT2D eigenvalue weighted by Gasteiger charge is 2.38. The second-order valence-electron chi connectivity index (χ2n) is 19.3. The molecule has 2 nitrogen and oxygen atoms in total. The molecule has 0 unspecified atom stereocenters. The lowest BCUT2D eigenvalue weighted by Crippen LogP contribution is -2.13. The number of benzene rings is 12. The van der Waals surface area contributed by atoms with E-state index in [4.69, 9.17) is 0 Å². The molecular weight excluding hydrogens is 949 g/mol. The Morgan fingerprint density at radius 2 is 0.416 bits per heavy atom. The number of fused-ring (bicyclic) bond motifs is 2. The van der Waals surface area contributed by atoms with E-state index in [1.807, 2.05) is 0 Å². The Morgan fingerprint density at radius 1 is 0.195 bits per heavy atom. The highest BCUT2D eigenvalue weighted by Crippen LogP contribution is 2.76. The molecule has 12 aromatic carbocycles. The molecule has 3 heteroatoms.